The number of ether oxygens (including phenoxy) is 1. The first-order chi connectivity index (χ1) is 7.79. The highest BCUT2D eigenvalue weighted by molar-refractivity contribution is 6.04. The Kier molecular flexibility index (Phi) is 2.11. The number of nitrogens with zero attached hydrogens (tertiary/aromatic N) is 1. The van der Waals surface area contributed by atoms with Crippen molar-refractivity contribution in [2.75, 3.05) is 23.9 Å². The van der Waals surface area contributed by atoms with E-state index in [1.54, 1.807) is 7.11 Å². The molecule has 0 saturated carbocycles. The molecular weight excluding hydrogens is 204 g/mol. The number of benzene rings is 1. The minimum atomic E-state index is -0.0696. The lowest BCUT2D eigenvalue weighted by Crippen LogP contribution is -2.43. The zero-order valence-corrected chi connectivity index (χ0v) is 9.14. The molecule has 1 N–H and O–H groups in total. The van der Waals surface area contributed by atoms with E-state index >= 15 is 0 Å². The zero-order valence-electron chi connectivity index (χ0n) is 9.14. The molecule has 16 heavy (non-hydrogen) atoms. The molecule has 84 valence electrons. The van der Waals surface area contributed by atoms with Gasteiger partial charge in [0.15, 0.2) is 0 Å². The third-order valence-electron chi connectivity index (χ3n) is 3.37. The lowest BCUT2D eigenvalue weighted by molar-refractivity contribution is -0.117. The summed E-state index contributed by atoms with van der Waals surface area (Å²) in [6.07, 6.45) is 0.929. The summed E-state index contributed by atoms with van der Waals surface area (Å²) in [5.74, 6) is 0.0817. The first-order valence-electron chi connectivity index (χ1n) is 5.49. The van der Waals surface area contributed by atoms with Crippen molar-refractivity contribution in [3.05, 3.63) is 24.3 Å². The van der Waals surface area contributed by atoms with Gasteiger partial charge in [0.1, 0.15) is 6.04 Å². The molecule has 1 fully saturated rings. The maximum atomic E-state index is 11.9. The van der Waals surface area contributed by atoms with Crippen LogP contribution in [0, 0.1) is 0 Å². The molecule has 2 aliphatic heterocycles. The number of rotatable bonds is 1. The molecule has 4 nitrogen and oxygen atoms in total. The van der Waals surface area contributed by atoms with Crippen molar-refractivity contribution >= 4 is 17.3 Å². The van der Waals surface area contributed by atoms with E-state index in [1.807, 2.05) is 24.3 Å². The van der Waals surface area contributed by atoms with Gasteiger partial charge in [0.2, 0.25) is 5.91 Å². The second-order valence-corrected chi connectivity index (χ2v) is 4.27. The summed E-state index contributed by atoms with van der Waals surface area (Å²) >= 11 is 0. The third-order valence-corrected chi connectivity index (χ3v) is 3.37. The van der Waals surface area contributed by atoms with Crippen molar-refractivity contribution < 1.29 is 9.53 Å². The van der Waals surface area contributed by atoms with Crippen LogP contribution in [0.2, 0.25) is 0 Å². The van der Waals surface area contributed by atoms with Crippen molar-refractivity contribution in [1.29, 1.82) is 0 Å². The van der Waals surface area contributed by atoms with Crippen LogP contribution in [0.1, 0.15) is 6.42 Å². The van der Waals surface area contributed by atoms with Crippen LogP contribution in [0.3, 0.4) is 0 Å². The molecule has 1 aromatic carbocycles. The van der Waals surface area contributed by atoms with Gasteiger partial charge >= 0.3 is 0 Å². The first kappa shape index (κ1) is 9.66. The second-order valence-electron chi connectivity index (χ2n) is 4.27. The maximum absolute atomic E-state index is 11.9. The molecule has 0 spiro atoms. The van der Waals surface area contributed by atoms with Gasteiger partial charge in [-0.05, 0) is 12.1 Å². The predicted molar refractivity (Wildman–Crippen MR) is 61.6 cm³/mol. The van der Waals surface area contributed by atoms with Crippen LogP contribution in [0.4, 0.5) is 11.4 Å². The van der Waals surface area contributed by atoms with Crippen molar-refractivity contribution in [2.45, 2.75) is 18.6 Å². The Morgan fingerprint density at radius 2 is 2.25 bits per heavy atom. The lowest BCUT2D eigenvalue weighted by atomic mass is 10.1. The molecule has 1 aromatic rings. The summed E-state index contributed by atoms with van der Waals surface area (Å²) in [5, 5.41) is 2.94. The summed E-state index contributed by atoms with van der Waals surface area (Å²) in [4.78, 5) is 14.0. The number of carbonyl (C=O) groups is 1. The summed E-state index contributed by atoms with van der Waals surface area (Å²) < 4.78 is 5.34. The van der Waals surface area contributed by atoms with Crippen LogP contribution in [0.15, 0.2) is 24.3 Å². The quantitative estimate of drug-likeness (QED) is 0.771. The van der Waals surface area contributed by atoms with Crippen molar-refractivity contribution in [3.8, 4) is 0 Å². The van der Waals surface area contributed by atoms with E-state index < -0.39 is 0 Å². The molecule has 3 rings (SSSR count). The minimum absolute atomic E-state index is 0.0696. The fraction of sp³-hybridized carbons (Fsp3) is 0.417. The Bertz CT molecular complexity index is 433. The summed E-state index contributed by atoms with van der Waals surface area (Å²) in [6, 6.07) is 7.83. The highest BCUT2D eigenvalue weighted by Crippen LogP contribution is 2.36. The molecule has 1 amide bonds. The Hall–Kier alpha value is -1.55. The number of para-hydroxylation sites is 2. The number of nitrogens with one attached hydrogen (secondary N) is 1. The first-order valence-corrected chi connectivity index (χ1v) is 5.49. The molecule has 2 atom stereocenters. The molecule has 4 heteroatoms. The minimum Gasteiger partial charge on any atom is -0.380 e. The van der Waals surface area contributed by atoms with Gasteiger partial charge < -0.3 is 15.0 Å². The summed E-state index contributed by atoms with van der Waals surface area (Å²) in [7, 11) is 1.70. The number of amides is 1. The average molecular weight is 218 g/mol. The van der Waals surface area contributed by atoms with E-state index in [0.29, 0.717) is 0 Å². The molecule has 2 heterocycles. The van der Waals surface area contributed by atoms with E-state index in [4.69, 9.17) is 4.74 Å². The van der Waals surface area contributed by atoms with Crippen molar-refractivity contribution in [1.82, 2.24) is 0 Å². The number of anilines is 2. The molecular formula is C12H14N2O2. The summed E-state index contributed by atoms with van der Waals surface area (Å²) in [5.41, 5.74) is 2.01. The van der Waals surface area contributed by atoms with E-state index in [9.17, 15) is 4.79 Å². The van der Waals surface area contributed by atoms with Crippen molar-refractivity contribution in [3.63, 3.8) is 0 Å². The van der Waals surface area contributed by atoms with Gasteiger partial charge in [0.05, 0.1) is 17.5 Å². The smallest absolute Gasteiger partial charge is 0.247 e. The highest BCUT2D eigenvalue weighted by Gasteiger charge is 2.40. The maximum Gasteiger partial charge on any atom is 0.247 e. The van der Waals surface area contributed by atoms with Crippen LogP contribution >= 0.6 is 0 Å². The average Bonchev–Trinajstić information content (AvgIpc) is 2.74. The predicted octanol–water partition coefficient (Wildman–Crippen LogP) is 1.23. The standard InChI is InChI=1S/C12H14N2O2/c1-16-8-6-11-12(15)13-9-4-2-3-5-10(9)14(11)7-8/h2-5,8,11H,6-7H2,1H3,(H,13,15). The molecule has 2 aliphatic rings. The van der Waals surface area contributed by atoms with Gasteiger partial charge in [-0.15, -0.1) is 0 Å². The Labute approximate surface area is 94.2 Å². The third kappa shape index (κ3) is 1.30. The van der Waals surface area contributed by atoms with Crippen LogP contribution < -0.4 is 10.2 Å². The molecule has 0 aromatic heterocycles. The fourth-order valence-corrected chi connectivity index (χ4v) is 2.53. The zero-order chi connectivity index (χ0) is 11.1. The van der Waals surface area contributed by atoms with E-state index in [0.717, 1.165) is 24.3 Å². The van der Waals surface area contributed by atoms with Crippen LogP contribution in [0.25, 0.3) is 0 Å². The SMILES string of the molecule is COC1CC2C(=O)Nc3ccccc3N2C1. The number of carbonyl (C=O) groups excluding carboxylic acids is 1. The van der Waals surface area contributed by atoms with Gasteiger partial charge in [-0.1, -0.05) is 12.1 Å². The van der Waals surface area contributed by atoms with Gasteiger partial charge in [-0.25, -0.2) is 0 Å². The highest BCUT2D eigenvalue weighted by atomic mass is 16.5. The number of methoxy groups -OCH3 is 1. The number of fused-ring (bicyclic) bond motifs is 3. The monoisotopic (exact) mass is 218 g/mol. The molecule has 0 aliphatic carbocycles. The van der Waals surface area contributed by atoms with Gasteiger partial charge in [-0.3, -0.25) is 4.79 Å². The lowest BCUT2D eigenvalue weighted by Gasteiger charge is -2.32. The molecule has 0 bridgehead atoms. The Morgan fingerprint density at radius 1 is 1.44 bits per heavy atom. The van der Waals surface area contributed by atoms with Crippen molar-refractivity contribution in [2.24, 2.45) is 0 Å². The number of hydrogen-bond acceptors (Lipinski definition) is 3. The topological polar surface area (TPSA) is 41.6 Å². The van der Waals surface area contributed by atoms with Crippen LogP contribution in [-0.2, 0) is 9.53 Å². The van der Waals surface area contributed by atoms with Gasteiger partial charge in [0.25, 0.3) is 0 Å². The number of hydrogen-bond donors (Lipinski definition) is 1. The van der Waals surface area contributed by atoms with Gasteiger partial charge in [0, 0.05) is 20.1 Å². The van der Waals surface area contributed by atoms with E-state index in [-0.39, 0.29) is 18.1 Å². The van der Waals surface area contributed by atoms with Gasteiger partial charge in [-0.2, -0.15) is 0 Å². The Balaban J connectivity index is 2.01. The van der Waals surface area contributed by atoms with E-state index in [1.165, 1.54) is 0 Å². The van der Waals surface area contributed by atoms with Crippen LogP contribution in [0.5, 0.6) is 0 Å². The molecule has 2 unspecified atom stereocenters. The molecule has 0 radical (unpaired) electrons. The van der Waals surface area contributed by atoms with E-state index in [2.05, 4.69) is 10.2 Å². The summed E-state index contributed by atoms with van der Waals surface area (Å²) in [6.45, 7) is 0.797. The van der Waals surface area contributed by atoms with Crippen LogP contribution in [-0.4, -0.2) is 31.7 Å². The fourth-order valence-electron chi connectivity index (χ4n) is 2.53. The molecule has 1 saturated heterocycles. The normalized spacial score (nSPS) is 27.3. The second kappa shape index (κ2) is 3.49. The Morgan fingerprint density at radius 3 is 3.06 bits per heavy atom. The largest absolute Gasteiger partial charge is 0.380 e.